The molecule has 1 heterocycles. The van der Waals surface area contributed by atoms with Crippen molar-refractivity contribution in [3.63, 3.8) is 0 Å². The number of halogens is 1. The van der Waals surface area contributed by atoms with Gasteiger partial charge in [0, 0.05) is 0 Å². The minimum atomic E-state index is -1.67. The number of imide groups is 1. The molecule has 7 heteroatoms. The Morgan fingerprint density at radius 3 is 2.54 bits per heavy atom. The van der Waals surface area contributed by atoms with Crippen molar-refractivity contribution >= 4 is 33.7 Å². The summed E-state index contributed by atoms with van der Waals surface area (Å²) in [6, 6.07) is 0. The first-order chi connectivity index (χ1) is 5.90. The maximum Gasteiger partial charge on any atom is 0.378 e. The fourth-order valence-corrected chi connectivity index (χ4v) is 1.56. The van der Waals surface area contributed by atoms with Crippen LogP contribution in [0.3, 0.4) is 0 Å². The molecule has 2 N–H and O–H groups in total. The Bertz CT molecular complexity index is 273. The van der Waals surface area contributed by atoms with E-state index < -0.39 is 27.4 Å². The van der Waals surface area contributed by atoms with Crippen LogP contribution in [0.1, 0.15) is 12.8 Å². The number of hydrogen-bond donors (Lipinski definition) is 2. The third-order valence-corrected chi connectivity index (χ3v) is 2.83. The molecule has 6 nitrogen and oxygen atoms in total. The van der Waals surface area contributed by atoms with E-state index in [-0.39, 0.29) is 12.8 Å². The maximum atomic E-state index is 11.1. The van der Waals surface area contributed by atoms with Gasteiger partial charge in [-0.1, -0.05) is 0 Å². The zero-order chi connectivity index (χ0) is 10.2. The van der Waals surface area contributed by atoms with Crippen LogP contribution in [-0.2, 0) is 14.4 Å². The molecule has 0 radical (unpaired) electrons. The summed E-state index contributed by atoms with van der Waals surface area (Å²) in [4.78, 5) is 31.0. The average Bonchev–Trinajstić information content (AvgIpc) is 2.32. The topological polar surface area (TPSA) is 91.7 Å². The largest absolute Gasteiger partial charge is 0.476 e. The van der Waals surface area contributed by atoms with Crippen molar-refractivity contribution in [3.05, 3.63) is 0 Å². The summed E-state index contributed by atoms with van der Waals surface area (Å²) < 4.78 is -1.67. The molecular weight excluding hydrogens is 248 g/mol. The quantitative estimate of drug-likeness (QED) is 0.235. The Morgan fingerprint density at radius 1 is 1.69 bits per heavy atom. The van der Waals surface area contributed by atoms with Gasteiger partial charge in [-0.3, -0.25) is 0 Å². The number of hydroxylamine groups is 3. The zero-order valence-corrected chi connectivity index (χ0v) is 8.02. The average molecular weight is 255 g/mol. The van der Waals surface area contributed by atoms with E-state index in [1.807, 2.05) is 0 Å². The van der Waals surface area contributed by atoms with Crippen LogP contribution in [0.25, 0.3) is 0 Å². The molecule has 1 saturated heterocycles. The van der Waals surface area contributed by atoms with Crippen molar-refractivity contribution in [2.24, 2.45) is 0 Å². The molecule has 0 aliphatic carbocycles. The minimum absolute atomic E-state index is 0.120. The molecule has 0 spiro atoms. The smallest absolute Gasteiger partial charge is 0.378 e. The van der Waals surface area contributed by atoms with E-state index in [0.717, 1.165) is 0 Å². The first-order valence-corrected chi connectivity index (χ1v) is 4.37. The summed E-state index contributed by atoms with van der Waals surface area (Å²) in [5.41, 5.74) is 0. The van der Waals surface area contributed by atoms with E-state index in [2.05, 4.69) is 15.9 Å². The van der Waals surface area contributed by atoms with Gasteiger partial charge in [-0.25, -0.2) is 14.4 Å². The van der Waals surface area contributed by atoms with E-state index in [4.69, 9.17) is 5.11 Å². The Balaban J connectivity index is 3.04. The van der Waals surface area contributed by atoms with Gasteiger partial charge in [0.15, 0.2) is 0 Å². The normalized spacial score (nSPS) is 30.6. The molecule has 0 aromatic carbocycles. The number of carboxylic acids is 1. The molecule has 0 aromatic rings. The number of amides is 2. The molecule has 13 heavy (non-hydrogen) atoms. The monoisotopic (exact) mass is 254 g/mol. The molecule has 1 aliphatic rings. The highest BCUT2D eigenvalue weighted by Crippen LogP contribution is 2.26. The van der Waals surface area contributed by atoms with Crippen molar-refractivity contribution < 1.29 is 29.3 Å². The van der Waals surface area contributed by atoms with Gasteiger partial charge in [0.05, 0.1) is 12.8 Å². The lowest BCUT2D eigenvalue weighted by Gasteiger charge is -2.21. The number of rotatable bonds is 2. The summed E-state index contributed by atoms with van der Waals surface area (Å²) in [6.45, 7) is 0. The number of hydrogen-bond acceptors (Lipinski definition) is 4. The van der Waals surface area contributed by atoms with Crippen LogP contribution >= 0.6 is 15.9 Å². The number of quaternary nitrogens is 1. The highest BCUT2D eigenvalue weighted by molar-refractivity contribution is 9.09. The molecule has 2 amide bonds. The molecule has 72 valence electrons. The molecule has 2 atom stereocenters. The molecule has 0 aromatic heterocycles. The van der Waals surface area contributed by atoms with Crippen LogP contribution in [0.2, 0.25) is 0 Å². The Kier molecular flexibility index (Phi) is 2.51. The maximum absolute atomic E-state index is 11.1. The fourth-order valence-electron chi connectivity index (χ4n) is 1.11. The Morgan fingerprint density at radius 2 is 2.23 bits per heavy atom. The second-order valence-corrected chi connectivity index (χ2v) is 3.51. The lowest BCUT2D eigenvalue weighted by molar-refractivity contribution is -0.971. The summed E-state index contributed by atoms with van der Waals surface area (Å²) >= 11 is 2.59. The van der Waals surface area contributed by atoms with Gasteiger partial charge >= 0.3 is 17.8 Å². The highest BCUT2D eigenvalue weighted by Gasteiger charge is 2.57. The van der Waals surface area contributed by atoms with Crippen molar-refractivity contribution in [1.29, 1.82) is 0 Å². The van der Waals surface area contributed by atoms with Crippen LogP contribution in [0.4, 0.5) is 0 Å². The van der Waals surface area contributed by atoms with E-state index in [1.54, 1.807) is 0 Å². The summed E-state index contributed by atoms with van der Waals surface area (Å²) in [7, 11) is 0. The van der Waals surface area contributed by atoms with E-state index in [9.17, 15) is 19.6 Å². The number of nitrogens with zero attached hydrogens (tertiary/aromatic N) is 1. The fraction of sp³-hybridized carbons (Fsp3) is 0.500. The molecule has 0 bridgehead atoms. The number of alkyl halides is 1. The summed E-state index contributed by atoms with van der Waals surface area (Å²) in [5.74, 6) is -3.05. The van der Waals surface area contributed by atoms with Crippen LogP contribution in [0.15, 0.2) is 0 Å². The van der Waals surface area contributed by atoms with Gasteiger partial charge in [-0.05, 0) is 20.6 Å². The molecule has 1 aliphatic heterocycles. The Labute approximate surface area is 81.4 Å². The first kappa shape index (κ1) is 10.3. The number of aliphatic carboxylic acids is 1. The van der Waals surface area contributed by atoms with E-state index >= 15 is 0 Å². The van der Waals surface area contributed by atoms with Crippen molar-refractivity contribution in [2.45, 2.75) is 17.8 Å². The molecular formula is C6H7BrNO5+. The lowest BCUT2D eigenvalue weighted by atomic mass is 10.4. The summed E-state index contributed by atoms with van der Waals surface area (Å²) in [5, 5.41) is 18.0. The second-order valence-electron chi connectivity index (χ2n) is 2.65. The second kappa shape index (κ2) is 3.17. The predicted molar refractivity (Wildman–Crippen MR) is 41.6 cm³/mol. The lowest BCUT2D eigenvalue weighted by Crippen LogP contribution is -2.57. The van der Waals surface area contributed by atoms with Crippen LogP contribution < -0.4 is 0 Å². The third-order valence-electron chi connectivity index (χ3n) is 1.85. The van der Waals surface area contributed by atoms with E-state index in [1.165, 1.54) is 0 Å². The van der Waals surface area contributed by atoms with Crippen molar-refractivity contribution in [2.75, 3.05) is 0 Å². The molecule has 0 saturated carbocycles. The number of carbonyl (C=O) groups excluding carboxylic acids is 2. The van der Waals surface area contributed by atoms with Gasteiger partial charge in [0.25, 0.3) is 4.95 Å². The van der Waals surface area contributed by atoms with Crippen LogP contribution in [0, 0.1) is 0 Å². The van der Waals surface area contributed by atoms with Gasteiger partial charge in [0.1, 0.15) is 0 Å². The number of carboxylic acid groups (broad SMARTS) is 1. The van der Waals surface area contributed by atoms with Gasteiger partial charge in [-0.15, -0.1) is 0 Å². The Hall–Kier alpha value is -0.790. The van der Waals surface area contributed by atoms with Crippen molar-refractivity contribution in [1.82, 2.24) is 0 Å². The van der Waals surface area contributed by atoms with Gasteiger partial charge in [-0.2, -0.15) is 5.21 Å². The van der Waals surface area contributed by atoms with Crippen LogP contribution in [0.5, 0.6) is 0 Å². The first-order valence-electron chi connectivity index (χ1n) is 3.46. The van der Waals surface area contributed by atoms with E-state index in [0.29, 0.717) is 0 Å². The zero-order valence-electron chi connectivity index (χ0n) is 6.44. The van der Waals surface area contributed by atoms with Gasteiger partial charge in [0.2, 0.25) is 0 Å². The third kappa shape index (κ3) is 1.38. The SMILES string of the molecule is O=C(O)C(Br)[N+]1(O)C(=O)CC[14C]1=O. The highest BCUT2D eigenvalue weighted by atomic mass is 79.9. The summed E-state index contributed by atoms with van der Waals surface area (Å²) in [6.07, 6.45) is -0.241. The minimum Gasteiger partial charge on any atom is -0.476 e. The molecule has 2 unspecified atom stereocenters. The molecule has 1 fully saturated rings. The van der Waals surface area contributed by atoms with Crippen LogP contribution in [-0.4, -0.2) is 37.7 Å². The predicted octanol–water partition coefficient (Wildman–Crippen LogP) is -0.155. The standard InChI is InChI=1S/C6H6BrNO5/c7-5(6(11)12)8(13)3(9)1-2-4(8)10/h5,13H,1-2H2/p+1/i3+2. The van der Waals surface area contributed by atoms with Crippen molar-refractivity contribution in [3.8, 4) is 0 Å². The van der Waals surface area contributed by atoms with Gasteiger partial charge < -0.3 is 5.11 Å². The molecule has 1 rings (SSSR count). The number of likely N-dealkylation sites (tertiary alicyclic amines) is 1. The number of carbonyl (C=O) groups is 3.